The van der Waals surface area contributed by atoms with E-state index in [1.165, 1.54) is 28.0 Å². The Morgan fingerprint density at radius 2 is 2.16 bits per heavy atom. The molecule has 3 rings (SSSR count). The van der Waals surface area contributed by atoms with Gasteiger partial charge in [-0.05, 0) is 19.4 Å². The van der Waals surface area contributed by atoms with Gasteiger partial charge in [-0.2, -0.15) is 0 Å². The number of rotatable bonds is 7. The van der Waals surface area contributed by atoms with E-state index in [1.54, 1.807) is 11.3 Å². The number of amides is 1. The number of aromatic nitrogens is 5. The third-order valence-corrected chi connectivity index (χ3v) is 6.12. The number of thiophene rings is 1. The largest absolute Gasteiger partial charge is 0.305 e. The summed E-state index contributed by atoms with van der Waals surface area (Å²) >= 11 is 4.45. The van der Waals surface area contributed by atoms with E-state index in [0.29, 0.717) is 10.3 Å². The normalized spacial score (nSPS) is 11.0. The Bertz CT molecular complexity index is 868. The molecular weight excluding hydrogens is 376 g/mol. The van der Waals surface area contributed by atoms with Crippen LogP contribution >= 0.6 is 34.4 Å². The van der Waals surface area contributed by atoms with Crippen LogP contribution in [-0.2, 0) is 18.3 Å². The highest BCUT2D eigenvalue weighted by atomic mass is 32.2. The average Bonchev–Trinajstić information content (AvgIpc) is 3.27. The number of nitrogens with one attached hydrogen (secondary N) is 1. The zero-order chi connectivity index (χ0) is 17.8. The van der Waals surface area contributed by atoms with Crippen molar-refractivity contribution in [1.29, 1.82) is 0 Å². The van der Waals surface area contributed by atoms with Crippen molar-refractivity contribution in [3.63, 3.8) is 0 Å². The number of nitrogens with zero attached hydrogens (tertiary/aromatic N) is 5. The van der Waals surface area contributed by atoms with Gasteiger partial charge in [-0.3, -0.25) is 10.1 Å². The quantitative estimate of drug-likeness (QED) is 0.618. The molecule has 1 amide bonds. The lowest BCUT2D eigenvalue weighted by Crippen LogP contribution is -2.14. The Hall–Kier alpha value is -1.78. The molecule has 0 aromatic carbocycles. The highest BCUT2D eigenvalue weighted by Crippen LogP contribution is 2.27. The number of aryl methyl sites for hydroxylation is 2. The third-order valence-electron chi connectivity index (χ3n) is 3.35. The molecule has 0 atom stereocenters. The second kappa shape index (κ2) is 8.07. The highest BCUT2D eigenvalue weighted by molar-refractivity contribution is 7.99. The Labute approximate surface area is 157 Å². The molecule has 10 heteroatoms. The fraction of sp³-hybridized carbons (Fsp3) is 0.400. The molecule has 3 heterocycles. The number of carbonyl (C=O) groups excluding carboxylic acids is 1. The van der Waals surface area contributed by atoms with Crippen LogP contribution in [0.4, 0.5) is 5.13 Å². The van der Waals surface area contributed by atoms with E-state index in [9.17, 15) is 4.79 Å². The van der Waals surface area contributed by atoms with Crippen LogP contribution in [0.25, 0.3) is 11.4 Å². The molecule has 3 aromatic heterocycles. The monoisotopic (exact) mass is 394 g/mol. The SMILES string of the molecule is CCCc1cc(-c2nnc(SCC(=O)Nc3nnc(C)s3)n2C)cs1. The summed E-state index contributed by atoms with van der Waals surface area (Å²) in [5, 5.41) is 23.1. The fourth-order valence-electron chi connectivity index (χ4n) is 2.20. The van der Waals surface area contributed by atoms with Crippen LogP contribution in [-0.4, -0.2) is 36.6 Å². The first-order valence-corrected chi connectivity index (χ1v) is 10.4. The summed E-state index contributed by atoms with van der Waals surface area (Å²) in [7, 11) is 1.92. The molecule has 0 spiro atoms. The number of thioether (sulfide) groups is 1. The van der Waals surface area contributed by atoms with Crippen LogP contribution in [0.2, 0.25) is 0 Å². The average molecular weight is 395 g/mol. The molecule has 3 aromatic rings. The summed E-state index contributed by atoms with van der Waals surface area (Å²) in [4.78, 5) is 13.4. The van der Waals surface area contributed by atoms with Gasteiger partial charge in [0, 0.05) is 22.9 Å². The first kappa shape index (κ1) is 18.0. The van der Waals surface area contributed by atoms with Gasteiger partial charge in [0.05, 0.1) is 5.75 Å². The van der Waals surface area contributed by atoms with Gasteiger partial charge in [-0.15, -0.1) is 31.7 Å². The molecule has 0 fully saturated rings. The molecule has 7 nitrogen and oxygen atoms in total. The van der Waals surface area contributed by atoms with Crippen LogP contribution < -0.4 is 5.32 Å². The minimum absolute atomic E-state index is 0.133. The minimum Gasteiger partial charge on any atom is -0.305 e. The fourth-order valence-corrected chi connectivity index (χ4v) is 4.49. The summed E-state index contributed by atoms with van der Waals surface area (Å²) in [6.45, 7) is 4.02. The Morgan fingerprint density at radius 1 is 1.32 bits per heavy atom. The number of anilines is 1. The standard InChI is InChI=1S/C15H18N6OS3/c1-4-5-11-6-10(7-23-11)13-18-20-15(21(13)3)24-8-12(22)16-14-19-17-9(2)25-14/h6-7H,4-5,8H2,1-3H3,(H,16,19,22). The summed E-state index contributed by atoms with van der Waals surface area (Å²) in [6, 6.07) is 2.16. The van der Waals surface area contributed by atoms with Crippen molar-refractivity contribution >= 4 is 45.5 Å². The summed E-state index contributed by atoms with van der Waals surface area (Å²) in [6.07, 6.45) is 2.21. The van der Waals surface area contributed by atoms with Gasteiger partial charge in [0.15, 0.2) is 11.0 Å². The van der Waals surface area contributed by atoms with Gasteiger partial charge in [-0.25, -0.2) is 0 Å². The molecule has 0 aliphatic heterocycles. The predicted octanol–water partition coefficient (Wildman–Crippen LogP) is 3.39. The molecule has 0 radical (unpaired) electrons. The predicted molar refractivity (Wildman–Crippen MR) is 102 cm³/mol. The molecule has 25 heavy (non-hydrogen) atoms. The van der Waals surface area contributed by atoms with E-state index in [2.05, 4.69) is 44.1 Å². The van der Waals surface area contributed by atoms with Crippen molar-refractivity contribution in [3.05, 3.63) is 21.3 Å². The van der Waals surface area contributed by atoms with Gasteiger partial charge in [0.25, 0.3) is 0 Å². The second-order valence-electron chi connectivity index (χ2n) is 5.38. The molecular formula is C15H18N6OS3. The van der Waals surface area contributed by atoms with Crippen LogP contribution in [0.15, 0.2) is 16.6 Å². The molecule has 0 aliphatic carbocycles. The molecule has 0 bridgehead atoms. The van der Waals surface area contributed by atoms with E-state index in [4.69, 9.17) is 0 Å². The first-order valence-electron chi connectivity index (χ1n) is 7.76. The van der Waals surface area contributed by atoms with Gasteiger partial charge >= 0.3 is 0 Å². The third kappa shape index (κ3) is 4.44. The van der Waals surface area contributed by atoms with E-state index in [0.717, 1.165) is 29.2 Å². The summed E-state index contributed by atoms with van der Waals surface area (Å²) in [5.41, 5.74) is 1.07. The van der Waals surface area contributed by atoms with Gasteiger partial charge < -0.3 is 4.57 Å². The van der Waals surface area contributed by atoms with Crippen molar-refractivity contribution in [2.75, 3.05) is 11.1 Å². The van der Waals surface area contributed by atoms with E-state index < -0.39 is 0 Å². The van der Waals surface area contributed by atoms with E-state index in [-0.39, 0.29) is 11.7 Å². The zero-order valence-corrected chi connectivity index (χ0v) is 16.6. The van der Waals surface area contributed by atoms with Crippen LogP contribution in [0.5, 0.6) is 0 Å². The maximum absolute atomic E-state index is 12.0. The minimum atomic E-state index is -0.133. The molecule has 132 valence electrons. The Morgan fingerprint density at radius 3 is 2.88 bits per heavy atom. The topological polar surface area (TPSA) is 85.6 Å². The van der Waals surface area contributed by atoms with Crippen molar-refractivity contribution in [2.24, 2.45) is 7.05 Å². The Kier molecular flexibility index (Phi) is 5.82. The molecule has 0 unspecified atom stereocenters. The van der Waals surface area contributed by atoms with Gasteiger partial charge in [-0.1, -0.05) is 36.4 Å². The first-order chi connectivity index (χ1) is 12.1. The van der Waals surface area contributed by atoms with Crippen LogP contribution in [0.1, 0.15) is 23.2 Å². The van der Waals surface area contributed by atoms with Crippen LogP contribution in [0.3, 0.4) is 0 Å². The molecule has 0 aliphatic rings. The zero-order valence-electron chi connectivity index (χ0n) is 14.1. The Balaban J connectivity index is 1.61. The lowest BCUT2D eigenvalue weighted by Gasteiger charge is -2.02. The van der Waals surface area contributed by atoms with Crippen molar-refractivity contribution in [3.8, 4) is 11.4 Å². The van der Waals surface area contributed by atoms with Crippen LogP contribution in [0, 0.1) is 6.92 Å². The molecule has 1 N–H and O–H groups in total. The number of carbonyl (C=O) groups is 1. The lowest BCUT2D eigenvalue weighted by atomic mass is 10.2. The van der Waals surface area contributed by atoms with E-state index >= 15 is 0 Å². The molecule has 0 saturated carbocycles. The maximum atomic E-state index is 12.0. The van der Waals surface area contributed by atoms with Crippen molar-refractivity contribution in [2.45, 2.75) is 31.8 Å². The molecule has 0 saturated heterocycles. The lowest BCUT2D eigenvalue weighted by molar-refractivity contribution is -0.113. The number of hydrogen-bond donors (Lipinski definition) is 1. The number of hydrogen-bond acceptors (Lipinski definition) is 8. The maximum Gasteiger partial charge on any atom is 0.236 e. The van der Waals surface area contributed by atoms with Crippen molar-refractivity contribution in [1.82, 2.24) is 25.0 Å². The van der Waals surface area contributed by atoms with Crippen molar-refractivity contribution < 1.29 is 4.79 Å². The van der Waals surface area contributed by atoms with E-state index in [1.807, 2.05) is 18.5 Å². The smallest absolute Gasteiger partial charge is 0.236 e. The highest BCUT2D eigenvalue weighted by Gasteiger charge is 2.15. The van der Waals surface area contributed by atoms with Gasteiger partial charge in [0.1, 0.15) is 5.01 Å². The second-order valence-corrected chi connectivity index (χ2v) is 8.50. The van der Waals surface area contributed by atoms with Gasteiger partial charge in [0.2, 0.25) is 11.0 Å². The summed E-state index contributed by atoms with van der Waals surface area (Å²) in [5.74, 6) is 0.933. The summed E-state index contributed by atoms with van der Waals surface area (Å²) < 4.78 is 1.92.